The van der Waals surface area contributed by atoms with Crippen molar-refractivity contribution in [2.24, 2.45) is 15.1 Å². The molecule has 6 aromatic rings. The molecule has 0 saturated heterocycles. The van der Waals surface area contributed by atoms with Crippen LogP contribution in [0.2, 0.25) is 0 Å². The number of hydrogen-bond acceptors (Lipinski definition) is 12. The van der Waals surface area contributed by atoms with Crippen LogP contribution in [0.15, 0.2) is 112 Å². The van der Waals surface area contributed by atoms with Crippen LogP contribution in [0.5, 0.6) is 11.8 Å². The quantitative estimate of drug-likeness (QED) is 0.0775. The molecule has 0 amide bonds. The molecule has 0 saturated carbocycles. The van der Waals surface area contributed by atoms with Crippen molar-refractivity contribution in [3.63, 3.8) is 0 Å². The Bertz CT molecular complexity index is 2630. The van der Waals surface area contributed by atoms with Crippen molar-refractivity contribution >= 4 is 62.7 Å². The van der Waals surface area contributed by atoms with Crippen LogP contribution in [0.25, 0.3) is 11.4 Å². The van der Waals surface area contributed by atoms with Crippen LogP contribution in [0.3, 0.4) is 0 Å². The molecule has 0 fully saturated rings. The maximum absolute atomic E-state index is 11.5. The number of primary sulfonamides is 1. The van der Waals surface area contributed by atoms with Crippen LogP contribution < -0.4 is 9.86 Å². The van der Waals surface area contributed by atoms with Crippen molar-refractivity contribution in [3.05, 3.63) is 131 Å². The van der Waals surface area contributed by atoms with Gasteiger partial charge in [-0.05, 0) is 74.5 Å². The van der Waals surface area contributed by atoms with E-state index in [9.17, 15) is 47.2 Å². The summed E-state index contributed by atoms with van der Waals surface area (Å²) in [5.74, 6) is -2.84. The third-order valence-corrected chi connectivity index (χ3v) is 9.10. The fourth-order valence-corrected chi connectivity index (χ4v) is 5.93. The van der Waals surface area contributed by atoms with Crippen LogP contribution in [-0.2, 0) is 38.1 Å². The van der Waals surface area contributed by atoms with E-state index in [1.807, 2.05) is 12.1 Å². The van der Waals surface area contributed by atoms with Gasteiger partial charge in [0.2, 0.25) is 21.8 Å². The molecule has 297 valence electrons. The molecule has 1 unspecified atom stereocenters. The average Bonchev–Trinajstić information content (AvgIpc) is 3.61. The number of sulfonamides is 1. The summed E-state index contributed by atoms with van der Waals surface area (Å²) in [4.78, 5) is 30.7. The molecule has 0 aliphatic heterocycles. The smallest absolute Gasteiger partial charge is 0.337 e. The first-order valence-corrected chi connectivity index (χ1v) is 18.6. The number of rotatable bonds is 11. The summed E-state index contributed by atoms with van der Waals surface area (Å²) in [6.07, 6.45) is 2.52. The van der Waals surface area contributed by atoms with E-state index in [1.54, 1.807) is 62.4 Å². The minimum absolute atomic E-state index is 0. The molecule has 0 aliphatic carbocycles. The zero-order valence-corrected chi connectivity index (χ0v) is 32.2. The van der Waals surface area contributed by atoms with Gasteiger partial charge < -0.3 is 29.7 Å². The maximum Gasteiger partial charge on any atom is 0.337 e. The van der Waals surface area contributed by atoms with E-state index in [0.29, 0.717) is 28.3 Å². The minimum Gasteiger partial charge on any atom is -0.755 e. The number of carbonyl (C=O) groups is 2. The fourth-order valence-electron chi connectivity index (χ4n) is 5.08. The normalized spacial score (nSPS) is 11.8. The van der Waals surface area contributed by atoms with E-state index in [2.05, 4.69) is 24.9 Å². The van der Waals surface area contributed by atoms with Gasteiger partial charge in [0, 0.05) is 46.2 Å². The Morgan fingerprint density at radius 2 is 1.18 bits per heavy atom. The minimum atomic E-state index is -4.03. The summed E-state index contributed by atoms with van der Waals surface area (Å²) < 4.78 is 49.5. The molecule has 0 bridgehead atoms. The number of aliphatic imine (C=N–C) groups is 2. The molecule has 1 radical (unpaired) electrons. The molecule has 0 aliphatic rings. The SMILES string of the molecule is Cc1nn(-c2ccccc2)c(O)c1C=Nc1cc(NS(=O)[O-])ccc1C(=O)O.Cc1nn(-c2ccccc2)c(O)c1C=Nc1cc(S(N)(=O)=O)ccc1C(=O)O.[Co]. The second-order valence-corrected chi connectivity index (χ2v) is 13.8. The number of aromatic carboxylic acids is 2. The van der Waals surface area contributed by atoms with Crippen molar-refractivity contribution < 1.29 is 64.0 Å². The van der Waals surface area contributed by atoms with Crippen molar-refractivity contribution in [1.29, 1.82) is 0 Å². The summed E-state index contributed by atoms with van der Waals surface area (Å²) >= 11 is -2.56. The van der Waals surface area contributed by atoms with Crippen molar-refractivity contribution in [1.82, 2.24) is 19.6 Å². The van der Waals surface area contributed by atoms with E-state index in [4.69, 9.17) is 5.14 Å². The molecular formula is C36H31CoN8O10S2-. The van der Waals surface area contributed by atoms with Gasteiger partial charge in [-0.15, -0.1) is 0 Å². The largest absolute Gasteiger partial charge is 0.755 e. The molecule has 2 heterocycles. The van der Waals surface area contributed by atoms with E-state index in [-0.39, 0.29) is 67.2 Å². The van der Waals surface area contributed by atoms with Crippen molar-refractivity contribution in [2.75, 3.05) is 4.72 Å². The van der Waals surface area contributed by atoms with Crippen molar-refractivity contribution in [3.8, 4) is 23.1 Å². The number of nitrogens with one attached hydrogen (secondary N) is 1. The molecule has 4 aromatic carbocycles. The molecule has 7 N–H and O–H groups in total. The fraction of sp³-hybridized carbons (Fsp3) is 0.0556. The number of hydrogen-bond donors (Lipinski definition) is 6. The number of benzene rings is 4. The summed E-state index contributed by atoms with van der Waals surface area (Å²) in [7, 11) is -4.03. The standard InChI is InChI=1S/2C18H16N4O5S.Co/c1-11-15(17(23)22(20-11)13-5-3-2-4-6-13)10-19-16-9-12(21-28(26)27)7-8-14(16)18(24)25;1-11-15(17(23)22(21-11)12-5-3-2-4-6-12)10-20-16-9-13(28(19,26)27)7-8-14(16)18(24)25;/h2-10,21,23H,1H3,(H,24,25)(H,26,27);2-10,23H,1H3,(H,24,25)(H2,19,26,27);/p-1. The third kappa shape index (κ3) is 10.4. The predicted molar refractivity (Wildman–Crippen MR) is 205 cm³/mol. The Kier molecular flexibility index (Phi) is 14.0. The molecular weight excluding hydrogens is 828 g/mol. The summed E-state index contributed by atoms with van der Waals surface area (Å²) in [5.41, 5.74) is 2.52. The van der Waals surface area contributed by atoms with Crippen LogP contribution in [0.4, 0.5) is 17.1 Å². The van der Waals surface area contributed by atoms with Crippen molar-refractivity contribution in [2.45, 2.75) is 18.7 Å². The van der Waals surface area contributed by atoms with Gasteiger partial charge in [-0.2, -0.15) is 10.2 Å². The van der Waals surface area contributed by atoms with Crippen LogP contribution >= 0.6 is 0 Å². The average molecular weight is 859 g/mol. The first-order chi connectivity index (χ1) is 26.5. The van der Waals surface area contributed by atoms with E-state index in [1.165, 1.54) is 40.0 Å². The molecule has 2 aromatic heterocycles. The van der Waals surface area contributed by atoms with E-state index >= 15 is 0 Å². The number of aryl methyl sites for hydroxylation is 2. The monoisotopic (exact) mass is 858 g/mol. The van der Waals surface area contributed by atoms with Crippen LogP contribution in [0, 0.1) is 13.8 Å². The maximum atomic E-state index is 11.5. The number of carboxylic acid groups (broad SMARTS) is 2. The molecule has 57 heavy (non-hydrogen) atoms. The molecule has 1 atom stereocenters. The molecule has 21 heteroatoms. The first kappa shape index (κ1) is 43.2. The molecule has 0 spiro atoms. The van der Waals surface area contributed by atoms with E-state index < -0.39 is 33.2 Å². The Hall–Kier alpha value is -6.49. The van der Waals surface area contributed by atoms with Crippen LogP contribution in [-0.4, -0.2) is 81.5 Å². The zero-order valence-electron chi connectivity index (χ0n) is 29.5. The molecule has 6 rings (SSSR count). The van der Waals surface area contributed by atoms with Gasteiger partial charge in [-0.25, -0.2) is 32.5 Å². The van der Waals surface area contributed by atoms with Gasteiger partial charge >= 0.3 is 11.9 Å². The third-order valence-electron chi connectivity index (χ3n) is 7.79. The Balaban J connectivity index is 0.000000248. The number of aromatic hydroxyl groups is 2. The van der Waals surface area contributed by atoms with E-state index in [0.717, 1.165) is 18.2 Å². The summed E-state index contributed by atoms with van der Waals surface area (Å²) in [5, 5.41) is 53.2. The summed E-state index contributed by atoms with van der Waals surface area (Å²) in [6.45, 7) is 3.33. The van der Waals surface area contributed by atoms with Gasteiger partial charge in [0.05, 0.1) is 61.3 Å². The second-order valence-electron chi connectivity index (χ2n) is 11.6. The number of nitrogens with two attached hydrogens (primary N) is 1. The number of anilines is 1. The topological polar surface area (TPSA) is 288 Å². The van der Waals surface area contributed by atoms with Gasteiger partial charge in [0.15, 0.2) is 0 Å². The number of para-hydroxylation sites is 2. The van der Waals surface area contributed by atoms with Gasteiger partial charge in [0.1, 0.15) is 0 Å². The Labute approximate surface area is 337 Å². The summed E-state index contributed by atoms with van der Waals surface area (Å²) in [6, 6.07) is 25.0. The Morgan fingerprint density at radius 3 is 1.58 bits per heavy atom. The first-order valence-electron chi connectivity index (χ1n) is 15.9. The predicted octanol–water partition coefficient (Wildman–Crippen LogP) is 4.52. The number of aromatic nitrogens is 4. The number of nitrogens with zero attached hydrogens (tertiary/aromatic N) is 6. The van der Waals surface area contributed by atoms with Gasteiger partial charge in [0.25, 0.3) is 0 Å². The van der Waals surface area contributed by atoms with Gasteiger partial charge in [-0.3, -0.25) is 14.2 Å². The zero-order chi connectivity index (χ0) is 40.7. The van der Waals surface area contributed by atoms with Crippen LogP contribution in [0.1, 0.15) is 43.2 Å². The molecule has 18 nitrogen and oxygen atoms in total. The number of carboxylic acids is 2. The van der Waals surface area contributed by atoms with Gasteiger partial charge in [-0.1, -0.05) is 36.4 Å². The Morgan fingerprint density at radius 1 is 0.754 bits per heavy atom. The second kappa shape index (κ2) is 18.4.